The molecule has 2 rings (SSSR count). The molecule has 0 radical (unpaired) electrons. The van der Waals surface area contributed by atoms with Gasteiger partial charge in [-0.25, -0.2) is 4.68 Å². The fourth-order valence-corrected chi connectivity index (χ4v) is 3.21. The molecule has 1 aliphatic rings. The second kappa shape index (κ2) is 5.39. The molecule has 4 heteroatoms. The Balaban J connectivity index is 2.24. The van der Waals surface area contributed by atoms with Gasteiger partial charge in [-0.3, -0.25) is 0 Å². The summed E-state index contributed by atoms with van der Waals surface area (Å²) in [7, 11) is 0. The van der Waals surface area contributed by atoms with Gasteiger partial charge in [-0.05, 0) is 43.6 Å². The molecule has 102 valence electrons. The topological polar surface area (TPSA) is 56.7 Å². The molecular formula is C14H26N4. The van der Waals surface area contributed by atoms with E-state index in [1.165, 1.54) is 25.0 Å². The van der Waals surface area contributed by atoms with Gasteiger partial charge in [0.1, 0.15) is 0 Å². The predicted octanol–water partition coefficient (Wildman–Crippen LogP) is 2.56. The van der Waals surface area contributed by atoms with E-state index in [-0.39, 0.29) is 0 Å². The van der Waals surface area contributed by atoms with Gasteiger partial charge >= 0.3 is 0 Å². The van der Waals surface area contributed by atoms with Gasteiger partial charge in [-0.2, -0.15) is 0 Å². The molecule has 0 aromatic carbocycles. The SMILES string of the molecule is CCCn1nncc1C1CC(C)(C)CCC1CN. The molecule has 1 saturated carbocycles. The smallest absolute Gasteiger partial charge is 0.0728 e. The number of nitrogens with zero attached hydrogens (tertiary/aromatic N) is 3. The van der Waals surface area contributed by atoms with Crippen LogP contribution in [0.25, 0.3) is 0 Å². The number of aromatic nitrogens is 3. The number of hydrogen-bond donors (Lipinski definition) is 1. The summed E-state index contributed by atoms with van der Waals surface area (Å²) in [6, 6.07) is 0. The average Bonchev–Trinajstić information content (AvgIpc) is 2.77. The minimum absolute atomic E-state index is 0.414. The average molecular weight is 250 g/mol. The molecule has 2 unspecified atom stereocenters. The zero-order valence-corrected chi connectivity index (χ0v) is 11.9. The first kappa shape index (κ1) is 13.5. The van der Waals surface area contributed by atoms with Crippen LogP contribution in [0.2, 0.25) is 0 Å². The van der Waals surface area contributed by atoms with Crippen LogP contribution in [-0.2, 0) is 6.54 Å². The summed E-state index contributed by atoms with van der Waals surface area (Å²) in [5, 5.41) is 8.33. The van der Waals surface area contributed by atoms with Crippen molar-refractivity contribution in [3.8, 4) is 0 Å². The van der Waals surface area contributed by atoms with Crippen LogP contribution in [0.4, 0.5) is 0 Å². The van der Waals surface area contributed by atoms with E-state index in [0.29, 0.717) is 17.3 Å². The van der Waals surface area contributed by atoms with Crippen molar-refractivity contribution in [3.05, 3.63) is 11.9 Å². The second-order valence-corrected chi connectivity index (χ2v) is 6.39. The van der Waals surface area contributed by atoms with Crippen molar-refractivity contribution < 1.29 is 0 Å². The van der Waals surface area contributed by atoms with Crippen molar-refractivity contribution >= 4 is 0 Å². The summed E-state index contributed by atoms with van der Waals surface area (Å²) in [5.41, 5.74) is 7.67. The van der Waals surface area contributed by atoms with Gasteiger partial charge in [-0.1, -0.05) is 26.0 Å². The number of hydrogen-bond acceptors (Lipinski definition) is 3. The maximum Gasteiger partial charge on any atom is 0.0728 e. The molecule has 0 aliphatic heterocycles. The van der Waals surface area contributed by atoms with Crippen LogP contribution in [0.1, 0.15) is 58.1 Å². The quantitative estimate of drug-likeness (QED) is 0.893. The molecule has 2 N–H and O–H groups in total. The van der Waals surface area contributed by atoms with Crippen molar-refractivity contribution in [1.82, 2.24) is 15.0 Å². The summed E-state index contributed by atoms with van der Waals surface area (Å²) >= 11 is 0. The van der Waals surface area contributed by atoms with Gasteiger partial charge in [0.2, 0.25) is 0 Å². The first-order valence-electron chi connectivity index (χ1n) is 7.16. The highest BCUT2D eigenvalue weighted by molar-refractivity contribution is 5.09. The summed E-state index contributed by atoms with van der Waals surface area (Å²) in [6.45, 7) is 8.64. The lowest BCUT2D eigenvalue weighted by atomic mass is 9.66. The van der Waals surface area contributed by atoms with Crippen molar-refractivity contribution in [2.75, 3.05) is 6.54 Å². The van der Waals surface area contributed by atoms with Crippen molar-refractivity contribution in [3.63, 3.8) is 0 Å². The van der Waals surface area contributed by atoms with Crippen LogP contribution >= 0.6 is 0 Å². The molecule has 0 amide bonds. The monoisotopic (exact) mass is 250 g/mol. The van der Waals surface area contributed by atoms with E-state index in [9.17, 15) is 0 Å². The normalized spacial score (nSPS) is 27.3. The lowest BCUT2D eigenvalue weighted by Crippen LogP contribution is -2.33. The Labute approximate surface area is 110 Å². The molecule has 18 heavy (non-hydrogen) atoms. The van der Waals surface area contributed by atoms with E-state index in [0.717, 1.165) is 19.5 Å². The summed E-state index contributed by atoms with van der Waals surface area (Å²) in [6.07, 6.45) is 6.75. The predicted molar refractivity (Wildman–Crippen MR) is 73.2 cm³/mol. The Morgan fingerprint density at radius 1 is 1.50 bits per heavy atom. The lowest BCUT2D eigenvalue weighted by Gasteiger charge is -2.40. The van der Waals surface area contributed by atoms with Gasteiger partial charge in [0.05, 0.1) is 11.9 Å². The molecule has 0 bridgehead atoms. The Morgan fingerprint density at radius 3 is 2.94 bits per heavy atom. The Hall–Kier alpha value is -0.900. The molecule has 1 aromatic heterocycles. The van der Waals surface area contributed by atoms with E-state index in [4.69, 9.17) is 5.73 Å². The Morgan fingerprint density at radius 2 is 2.28 bits per heavy atom. The van der Waals surface area contributed by atoms with Gasteiger partial charge in [0.25, 0.3) is 0 Å². The van der Waals surface area contributed by atoms with E-state index >= 15 is 0 Å². The van der Waals surface area contributed by atoms with E-state index in [1.807, 2.05) is 6.20 Å². The van der Waals surface area contributed by atoms with Gasteiger partial charge in [0.15, 0.2) is 0 Å². The number of nitrogens with two attached hydrogens (primary N) is 1. The van der Waals surface area contributed by atoms with Crippen LogP contribution in [0.5, 0.6) is 0 Å². The van der Waals surface area contributed by atoms with Gasteiger partial charge in [-0.15, -0.1) is 5.10 Å². The highest BCUT2D eigenvalue weighted by atomic mass is 15.4. The van der Waals surface area contributed by atoms with Crippen LogP contribution in [0.3, 0.4) is 0 Å². The minimum Gasteiger partial charge on any atom is -0.330 e. The molecule has 1 aliphatic carbocycles. The standard InChI is InChI=1S/C14H26N4/c1-4-7-18-13(10-16-17-18)12-8-14(2,3)6-5-11(12)9-15/h10-12H,4-9,15H2,1-3H3. The van der Waals surface area contributed by atoms with Crippen molar-refractivity contribution in [1.29, 1.82) is 0 Å². The van der Waals surface area contributed by atoms with Crippen molar-refractivity contribution in [2.45, 2.75) is 58.9 Å². The Kier molecular flexibility index (Phi) is 4.05. The summed E-state index contributed by atoms with van der Waals surface area (Å²) in [4.78, 5) is 0. The first-order chi connectivity index (χ1) is 8.57. The molecular weight excluding hydrogens is 224 g/mol. The van der Waals surface area contributed by atoms with Crippen LogP contribution in [-0.4, -0.2) is 21.5 Å². The largest absolute Gasteiger partial charge is 0.330 e. The molecule has 4 nitrogen and oxygen atoms in total. The lowest BCUT2D eigenvalue weighted by molar-refractivity contribution is 0.160. The fourth-order valence-electron chi connectivity index (χ4n) is 3.21. The van der Waals surface area contributed by atoms with Crippen molar-refractivity contribution in [2.24, 2.45) is 17.1 Å². The maximum atomic E-state index is 5.96. The maximum absolute atomic E-state index is 5.96. The van der Waals surface area contributed by atoms with Crippen LogP contribution < -0.4 is 5.73 Å². The summed E-state index contributed by atoms with van der Waals surface area (Å²) in [5.74, 6) is 1.12. The number of rotatable bonds is 4. The van der Waals surface area contributed by atoms with Crippen LogP contribution in [0, 0.1) is 11.3 Å². The Bertz CT molecular complexity index is 383. The zero-order chi connectivity index (χ0) is 13.2. The molecule has 1 fully saturated rings. The molecule has 2 atom stereocenters. The minimum atomic E-state index is 0.414. The third kappa shape index (κ3) is 2.74. The molecule has 1 heterocycles. The molecule has 0 saturated heterocycles. The number of aryl methyl sites for hydroxylation is 1. The second-order valence-electron chi connectivity index (χ2n) is 6.39. The molecule has 1 aromatic rings. The fraction of sp³-hybridized carbons (Fsp3) is 0.857. The van der Waals surface area contributed by atoms with E-state index in [2.05, 4.69) is 35.8 Å². The first-order valence-corrected chi connectivity index (χ1v) is 7.16. The third-order valence-corrected chi connectivity index (χ3v) is 4.30. The van der Waals surface area contributed by atoms with E-state index in [1.54, 1.807) is 0 Å². The third-order valence-electron chi connectivity index (χ3n) is 4.30. The highest BCUT2D eigenvalue weighted by Crippen LogP contribution is 2.46. The van der Waals surface area contributed by atoms with Gasteiger partial charge < -0.3 is 5.73 Å². The summed E-state index contributed by atoms with van der Waals surface area (Å²) < 4.78 is 2.08. The van der Waals surface area contributed by atoms with E-state index < -0.39 is 0 Å². The highest BCUT2D eigenvalue weighted by Gasteiger charge is 2.36. The van der Waals surface area contributed by atoms with Crippen LogP contribution in [0.15, 0.2) is 6.20 Å². The van der Waals surface area contributed by atoms with Gasteiger partial charge in [0, 0.05) is 12.5 Å². The zero-order valence-electron chi connectivity index (χ0n) is 11.9. The molecule has 0 spiro atoms.